The lowest BCUT2D eigenvalue weighted by molar-refractivity contribution is 0.268. The van der Waals surface area contributed by atoms with Crippen LogP contribution in [0.5, 0.6) is 5.75 Å². The Bertz CT molecular complexity index is 472. The summed E-state index contributed by atoms with van der Waals surface area (Å²) in [5.41, 5.74) is 3.46. The van der Waals surface area contributed by atoms with Crippen molar-refractivity contribution in [2.75, 3.05) is 33.3 Å². The second kappa shape index (κ2) is 6.99. The van der Waals surface area contributed by atoms with Crippen molar-refractivity contribution in [2.24, 2.45) is 5.41 Å². The zero-order valence-electron chi connectivity index (χ0n) is 13.2. The lowest BCUT2D eigenvalue weighted by Gasteiger charge is -2.23. The van der Waals surface area contributed by atoms with Gasteiger partial charge in [-0.3, -0.25) is 4.90 Å². The number of aryl methyl sites for hydroxylation is 1. The Labute approximate surface area is 134 Å². The highest BCUT2D eigenvalue weighted by Gasteiger charge is 2.40. The number of hydrogen-bond acceptors (Lipinski definition) is 3. The first-order chi connectivity index (χ1) is 9.74. The van der Waals surface area contributed by atoms with E-state index in [1.54, 1.807) is 7.11 Å². The number of hydrogen-bond donors (Lipinski definition) is 1. The molecule has 2 saturated heterocycles. The topological polar surface area (TPSA) is 24.5 Å². The molecule has 1 atom stereocenters. The van der Waals surface area contributed by atoms with Gasteiger partial charge in [0.2, 0.25) is 0 Å². The minimum absolute atomic E-state index is 0. The average Bonchev–Trinajstić information content (AvgIpc) is 3.10. The highest BCUT2D eigenvalue weighted by Crippen LogP contribution is 2.36. The molecule has 1 N–H and O–H groups in total. The molecule has 2 aliphatic heterocycles. The SMILES string of the molecule is CCc1cc(OC)ccc1CN1CCC2(CCNC2)C1.Cl. The molecule has 0 bridgehead atoms. The monoisotopic (exact) mass is 310 g/mol. The van der Waals surface area contributed by atoms with Crippen LogP contribution in [0.3, 0.4) is 0 Å². The number of halogens is 1. The summed E-state index contributed by atoms with van der Waals surface area (Å²) in [5, 5.41) is 3.53. The van der Waals surface area contributed by atoms with Crippen LogP contribution < -0.4 is 10.1 Å². The van der Waals surface area contributed by atoms with E-state index in [0.717, 1.165) is 18.7 Å². The van der Waals surface area contributed by atoms with Crippen molar-refractivity contribution in [3.63, 3.8) is 0 Å². The molecule has 21 heavy (non-hydrogen) atoms. The van der Waals surface area contributed by atoms with Crippen molar-refractivity contribution in [1.29, 1.82) is 0 Å². The van der Waals surface area contributed by atoms with Gasteiger partial charge in [0.25, 0.3) is 0 Å². The third kappa shape index (κ3) is 3.53. The number of benzene rings is 1. The summed E-state index contributed by atoms with van der Waals surface area (Å²) in [6.45, 7) is 8.24. The van der Waals surface area contributed by atoms with Crippen molar-refractivity contribution >= 4 is 12.4 Å². The number of ether oxygens (including phenoxy) is 1. The summed E-state index contributed by atoms with van der Waals surface area (Å²) in [6, 6.07) is 6.53. The largest absolute Gasteiger partial charge is 0.497 e. The molecule has 1 spiro atoms. The highest BCUT2D eigenvalue weighted by atomic mass is 35.5. The van der Waals surface area contributed by atoms with E-state index in [1.165, 1.54) is 50.1 Å². The quantitative estimate of drug-likeness (QED) is 0.925. The Kier molecular flexibility index (Phi) is 5.53. The molecule has 0 radical (unpaired) electrons. The zero-order valence-corrected chi connectivity index (χ0v) is 14.0. The summed E-state index contributed by atoms with van der Waals surface area (Å²) in [7, 11) is 1.74. The van der Waals surface area contributed by atoms with Crippen LogP contribution in [0.15, 0.2) is 18.2 Å². The first kappa shape index (κ1) is 16.6. The predicted molar refractivity (Wildman–Crippen MR) is 89.4 cm³/mol. The Morgan fingerprint density at radius 1 is 1.29 bits per heavy atom. The van der Waals surface area contributed by atoms with E-state index >= 15 is 0 Å². The second-order valence-electron chi connectivity index (χ2n) is 6.38. The molecule has 2 aliphatic rings. The van der Waals surface area contributed by atoms with Gasteiger partial charge >= 0.3 is 0 Å². The van der Waals surface area contributed by atoms with Gasteiger partial charge in [0.05, 0.1) is 7.11 Å². The van der Waals surface area contributed by atoms with Gasteiger partial charge in [-0.2, -0.15) is 0 Å². The van der Waals surface area contributed by atoms with Crippen molar-refractivity contribution in [3.05, 3.63) is 29.3 Å². The van der Waals surface area contributed by atoms with E-state index in [9.17, 15) is 0 Å². The molecule has 0 saturated carbocycles. The Hall–Kier alpha value is -0.770. The first-order valence-electron chi connectivity index (χ1n) is 7.83. The summed E-state index contributed by atoms with van der Waals surface area (Å²) in [5.74, 6) is 0.975. The summed E-state index contributed by atoms with van der Waals surface area (Å²) < 4.78 is 5.34. The lowest BCUT2D eigenvalue weighted by Crippen LogP contribution is -2.29. The van der Waals surface area contributed by atoms with Gasteiger partial charge in [0, 0.05) is 19.6 Å². The van der Waals surface area contributed by atoms with Gasteiger partial charge in [-0.05, 0) is 61.0 Å². The standard InChI is InChI=1S/C17H26N2O.ClH/c1-3-14-10-16(20-2)5-4-15(14)11-19-9-7-17(13-19)6-8-18-12-17;/h4-5,10,18H,3,6-9,11-13H2,1-2H3;1H. The van der Waals surface area contributed by atoms with E-state index in [1.807, 2.05) is 0 Å². The van der Waals surface area contributed by atoms with Crippen LogP contribution in [0.4, 0.5) is 0 Å². The van der Waals surface area contributed by atoms with Gasteiger partial charge in [-0.1, -0.05) is 13.0 Å². The molecule has 3 nitrogen and oxygen atoms in total. The number of nitrogens with zero attached hydrogens (tertiary/aromatic N) is 1. The number of rotatable bonds is 4. The second-order valence-corrected chi connectivity index (χ2v) is 6.38. The summed E-state index contributed by atoms with van der Waals surface area (Å²) >= 11 is 0. The maximum atomic E-state index is 5.34. The molecule has 1 unspecified atom stereocenters. The number of likely N-dealkylation sites (tertiary alicyclic amines) is 1. The molecule has 2 heterocycles. The van der Waals surface area contributed by atoms with E-state index < -0.39 is 0 Å². The molecule has 118 valence electrons. The average molecular weight is 311 g/mol. The van der Waals surface area contributed by atoms with Crippen LogP contribution >= 0.6 is 12.4 Å². The maximum absolute atomic E-state index is 5.34. The summed E-state index contributed by atoms with van der Waals surface area (Å²) in [4.78, 5) is 2.63. The van der Waals surface area contributed by atoms with Crippen molar-refractivity contribution in [2.45, 2.75) is 32.7 Å². The van der Waals surface area contributed by atoms with E-state index in [-0.39, 0.29) is 12.4 Å². The minimum Gasteiger partial charge on any atom is -0.497 e. The number of methoxy groups -OCH3 is 1. The van der Waals surface area contributed by atoms with Crippen LogP contribution in [-0.2, 0) is 13.0 Å². The van der Waals surface area contributed by atoms with Gasteiger partial charge in [-0.25, -0.2) is 0 Å². The van der Waals surface area contributed by atoms with Crippen molar-refractivity contribution < 1.29 is 4.74 Å². The summed E-state index contributed by atoms with van der Waals surface area (Å²) in [6.07, 6.45) is 3.79. The molecular weight excluding hydrogens is 284 g/mol. The van der Waals surface area contributed by atoms with Gasteiger partial charge in [0.1, 0.15) is 5.75 Å². The normalized spacial score (nSPS) is 25.2. The van der Waals surface area contributed by atoms with Crippen molar-refractivity contribution in [1.82, 2.24) is 10.2 Å². The van der Waals surface area contributed by atoms with Crippen LogP contribution in [-0.4, -0.2) is 38.2 Å². The molecule has 0 amide bonds. The molecule has 0 aromatic heterocycles. The number of nitrogens with one attached hydrogen (secondary N) is 1. The molecule has 2 fully saturated rings. The molecule has 4 heteroatoms. The lowest BCUT2D eigenvalue weighted by atomic mass is 9.86. The van der Waals surface area contributed by atoms with E-state index in [4.69, 9.17) is 4.74 Å². The van der Waals surface area contributed by atoms with E-state index in [0.29, 0.717) is 5.41 Å². The fourth-order valence-corrected chi connectivity index (χ4v) is 3.76. The predicted octanol–water partition coefficient (Wildman–Crippen LogP) is 2.86. The Balaban J connectivity index is 0.00000161. The zero-order chi connectivity index (χ0) is 14.0. The molecule has 1 aromatic rings. The highest BCUT2D eigenvalue weighted by molar-refractivity contribution is 5.85. The first-order valence-corrected chi connectivity index (χ1v) is 7.83. The third-order valence-electron chi connectivity index (χ3n) is 5.04. The molecule has 1 aromatic carbocycles. The van der Waals surface area contributed by atoms with Crippen LogP contribution in [0.1, 0.15) is 30.9 Å². The van der Waals surface area contributed by atoms with Crippen LogP contribution in [0, 0.1) is 5.41 Å². The van der Waals surface area contributed by atoms with Crippen LogP contribution in [0.25, 0.3) is 0 Å². The van der Waals surface area contributed by atoms with Crippen LogP contribution in [0.2, 0.25) is 0 Å². The van der Waals surface area contributed by atoms with Gasteiger partial charge in [0.15, 0.2) is 0 Å². The van der Waals surface area contributed by atoms with Gasteiger partial charge in [-0.15, -0.1) is 12.4 Å². The minimum atomic E-state index is 0. The molecular formula is C17H27ClN2O. The third-order valence-corrected chi connectivity index (χ3v) is 5.04. The fourth-order valence-electron chi connectivity index (χ4n) is 3.76. The smallest absolute Gasteiger partial charge is 0.119 e. The van der Waals surface area contributed by atoms with E-state index in [2.05, 4.69) is 35.3 Å². The molecule has 3 rings (SSSR count). The van der Waals surface area contributed by atoms with Crippen molar-refractivity contribution in [3.8, 4) is 5.75 Å². The fraction of sp³-hybridized carbons (Fsp3) is 0.647. The Morgan fingerprint density at radius 3 is 2.81 bits per heavy atom. The maximum Gasteiger partial charge on any atom is 0.119 e. The van der Waals surface area contributed by atoms with Gasteiger partial charge < -0.3 is 10.1 Å². The molecule has 0 aliphatic carbocycles. The Morgan fingerprint density at radius 2 is 2.14 bits per heavy atom.